The van der Waals surface area contributed by atoms with E-state index in [-0.39, 0.29) is 5.41 Å². The van der Waals surface area contributed by atoms with Crippen molar-refractivity contribution in [3.05, 3.63) is 130 Å². The largest absolute Gasteiger partial charge is 0.472 e. The monoisotopic (exact) mass is 630 g/mol. The molecule has 3 nitrogen and oxygen atoms in total. The summed E-state index contributed by atoms with van der Waals surface area (Å²) in [4.78, 5) is 5.08. The third-order valence-electron chi connectivity index (χ3n) is 11.7. The second-order valence-electron chi connectivity index (χ2n) is 15.1. The Kier molecular flexibility index (Phi) is 6.97. The van der Waals surface area contributed by atoms with Crippen molar-refractivity contribution < 1.29 is 4.74 Å². The molecule has 0 spiro atoms. The maximum Gasteiger partial charge on any atom is 0.178 e. The lowest BCUT2D eigenvalue weighted by Crippen LogP contribution is -2.35. The average molecular weight is 631 g/mol. The summed E-state index contributed by atoms with van der Waals surface area (Å²) >= 11 is 0. The topological polar surface area (TPSA) is 15.7 Å². The fourth-order valence-corrected chi connectivity index (χ4v) is 9.17. The number of benzene rings is 5. The van der Waals surface area contributed by atoms with Gasteiger partial charge in [0.25, 0.3) is 0 Å². The number of nitrogens with zero attached hydrogens (tertiary/aromatic N) is 2. The lowest BCUT2D eigenvalue weighted by Gasteiger charge is -2.39. The van der Waals surface area contributed by atoms with Crippen LogP contribution in [0.3, 0.4) is 0 Å². The molecule has 0 saturated carbocycles. The molecule has 2 fully saturated rings. The van der Waals surface area contributed by atoms with Gasteiger partial charge < -0.3 is 14.5 Å². The Hall–Kier alpha value is -4.50. The van der Waals surface area contributed by atoms with Crippen molar-refractivity contribution in [1.29, 1.82) is 0 Å². The molecule has 9 rings (SSSR count). The van der Waals surface area contributed by atoms with Crippen molar-refractivity contribution in [3.63, 3.8) is 0 Å². The zero-order valence-electron chi connectivity index (χ0n) is 28.7. The maximum absolute atomic E-state index is 7.60. The number of piperidine rings is 2. The number of ether oxygens (including phenoxy) is 1. The number of hydrogen-bond donors (Lipinski definition) is 0. The zero-order valence-corrected chi connectivity index (χ0v) is 28.7. The minimum absolute atomic E-state index is 0.148. The standard InChI is InChI=1S/C45H46N2O/c1-31-14-23-38-40(30-31)44(2,3)42-39-24-25-45(48-43(39)37-13-7-6-12-36(37)41(38)42,32-15-19-34(20-16-32)46-26-8-4-9-27-46)33-17-21-35(22-18-33)47-28-10-5-11-29-47/h6-7,12-25,30H,4-5,8-11,26-29H2,1-3H3. The number of rotatable bonds is 4. The van der Waals surface area contributed by atoms with Gasteiger partial charge in [-0.05, 0) is 103 Å². The van der Waals surface area contributed by atoms with E-state index in [1.54, 1.807) is 0 Å². The van der Waals surface area contributed by atoms with Crippen molar-refractivity contribution >= 4 is 28.2 Å². The molecule has 2 saturated heterocycles. The normalized spacial score (nSPS) is 19.1. The predicted molar refractivity (Wildman–Crippen MR) is 202 cm³/mol. The number of hydrogen-bond acceptors (Lipinski definition) is 3. The lowest BCUT2D eigenvalue weighted by atomic mass is 9.76. The van der Waals surface area contributed by atoms with E-state index in [0.717, 1.165) is 31.9 Å². The molecule has 0 unspecified atom stereocenters. The smallest absolute Gasteiger partial charge is 0.178 e. The summed E-state index contributed by atoms with van der Waals surface area (Å²) in [5.41, 5.74) is 12.1. The highest BCUT2D eigenvalue weighted by Gasteiger charge is 2.44. The van der Waals surface area contributed by atoms with Crippen molar-refractivity contribution in [3.8, 4) is 16.9 Å². The Morgan fingerprint density at radius 3 is 1.77 bits per heavy atom. The van der Waals surface area contributed by atoms with Gasteiger partial charge in [-0.2, -0.15) is 0 Å². The molecule has 0 amide bonds. The minimum atomic E-state index is -0.753. The van der Waals surface area contributed by atoms with Gasteiger partial charge in [-0.1, -0.05) is 92.2 Å². The first-order chi connectivity index (χ1) is 23.4. The fourth-order valence-electron chi connectivity index (χ4n) is 9.17. The Morgan fingerprint density at radius 1 is 0.625 bits per heavy atom. The van der Waals surface area contributed by atoms with E-state index < -0.39 is 5.60 Å². The highest BCUT2D eigenvalue weighted by molar-refractivity contribution is 6.08. The van der Waals surface area contributed by atoms with Crippen LogP contribution in [0, 0.1) is 6.92 Å². The van der Waals surface area contributed by atoms with E-state index >= 15 is 0 Å². The molecule has 5 aromatic rings. The Balaban J connectivity index is 1.22. The summed E-state index contributed by atoms with van der Waals surface area (Å²) in [6, 6.07) is 34.4. The third-order valence-corrected chi connectivity index (χ3v) is 11.7. The van der Waals surface area contributed by atoms with E-state index in [1.165, 1.54) is 105 Å². The van der Waals surface area contributed by atoms with E-state index in [1.807, 2.05) is 0 Å². The molecule has 242 valence electrons. The van der Waals surface area contributed by atoms with Gasteiger partial charge >= 0.3 is 0 Å². The van der Waals surface area contributed by atoms with Gasteiger partial charge in [0.1, 0.15) is 5.75 Å². The predicted octanol–water partition coefficient (Wildman–Crippen LogP) is 10.8. The molecular weight excluding hydrogens is 585 g/mol. The van der Waals surface area contributed by atoms with Gasteiger partial charge in [-0.25, -0.2) is 0 Å². The Labute approximate surface area is 285 Å². The van der Waals surface area contributed by atoms with Gasteiger partial charge in [-0.3, -0.25) is 0 Å². The van der Waals surface area contributed by atoms with Crippen LogP contribution in [0.15, 0.2) is 97.1 Å². The first kappa shape index (κ1) is 29.6. The van der Waals surface area contributed by atoms with Crippen molar-refractivity contribution in [2.24, 2.45) is 0 Å². The lowest BCUT2D eigenvalue weighted by molar-refractivity contribution is 0.163. The molecule has 4 aliphatic rings. The van der Waals surface area contributed by atoms with Crippen LogP contribution in [-0.2, 0) is 11.0 Å². The first-order valence-corrected chi connectivity index (χ1v) is 18.2. The summed E-state index contributed by atoms with van der Waals surface area (Å²) in [5.74, 6) is 0.990. The summed E-state index contributed by atoms with van der Waals surface area (Å²) in [6.45, 7) is 11.5. The molecule has 3 aliphatic heterocycles. The maximum atomic E-state index is 7.60. The van der Waals surface area contributed by atoms with Crippen LogP contribution in [0.2, 0.25) is 0 Å². The summed E-state index contributed by atoms with van der Waals surface area (Å²) in [5, 5.41) is 2.45. The van der Waals surface area contributed by atoms with Crippen LogP contribution in [0.25, 0.3) is 28.0 Å². The van der Waals surface area contributed by atoms with Crippen molar-refractivity contribution in [2.45, 2.75) is 70.3 Å². The fraction of sp³-hybridized carbons (Fsp3) is 0.333. The molecule has 0 aromatic heterocycles. The van der Waals surface area contributed by atoms with Crippen molar-refractivity contribution in [2.75, 3.05) is 36.0 Å². The van der Waals surface area contributed by atoms with Crippen LogP contribution in [0.4, 0.5) is 11.4 Å². The van der Waals surface area contributed by atoms with Crippen LogP contribution in [0.5, 0.6) is 5.75 Å². The van der Waals surface area contributed by atoms with E-state index in [9.17, 15) is 0 Å². The van der Waals surface area contributed by atoms with Crippen LogP contribution in [0.1, 0.15) is 85.8 Å². The summed E-state index contributed by atoms with van der Waals surface area (Å²) < 4.78 is 7.60. The van der Waals surface area contributed by atoms with Crippen LogP contribution >= 0.6 is 0 Å². The number of anilines is 2. The third kappa shape index (κ3) is 4.54. The van der Waals surface area contributed by atoms with E-state index in [2.05, 4.69) is 134 Å². The van der Waals surface area contributed by atoms with Gasteiger partial charge in [0.2, 0.25) is 0 Å². The van der Waals surface area contributed by atoms with E-state index in [0.29, 0.717) is 0 Å². The molecule has 0 N–H and O–H groups in total. The number of fused-ring (bicyclic) bond motifs is 8. The van der Waals surface area contributed by atoms with Gasteiger partial charge in [0.05, 0.1) is 0 Å². The molecule has 48 heavy (non-hydrogen) atoms. The van der Waals surface area contributed by atoms with Crippen molar-refractivity contribution in [1.82, 2.24) is 0 Å². The Morgan fingerprint density at radius 2 is 1.19 bits per heavy atom. The molecule has 5 aromatic carbocycles. The molecule has 0 bridgehead atoms. The quantitative estimate of drug-likeness (QED) is 0.196. The molecule has 0 radical (unpaired) electrons. The van der Waals surface area contributed by atoms with Gasteiger partial charge in [-0.15, -0.1) is 0 Å². The van der Waals surface area contributed by atoms with Gasteiger partial charge in [0.15, 0.2) is 5.60 Å². The van der Waals surface area contributed by atoms with E-state index in [4.69, 9.17) is 4.74 Å². The molecule has 3 heterocycles. The second-order valence-corrected chi connectivity index (χ2v) is 15.1. The van der Waals surface area contributed by atoms with Gasteiger partial charge in [0, 0.05) is 65.0 Å². The second kappa shape index (κ2) is 11.3. The molecular formula is C45H46N2O. The summed E-state index contributed by atoms with van der Waals surface area (Å²) in [6.07, 6.45) is 12.5. The molecule has 3 heteroatoms. The Bertz CT molecular complexity index is 1980. The highest BCUT2D eigenvalue weighted by atomic mass is 16.5. The number of aryl methyl sites for hydroxylation is 1. The molecule has 1 aliphatic carbocycles. The zero-order chi connectivity index (χ0) is 32.5. The average Bonchev–Trinajstić information content (AvgIpc) is 3.38. The van der Waals surface area contributed by atoms with Crippen LogP contribution < -0.4 is 14.5 Å². The SMILES string of the molecule is Cc1ccc2c(c1)C(C)(C)c1c3c(c4ccccc4c1-2)OC(c1ccc(N2CCCCC2)cc1)(c1ccc(N2CCCCC2)cc1)C=C3. The first-order valence-electron chi connectivity index (χ1n) is 18.2. The van der Waals surface area contributed by atoms with Crippen LogP contribution in [-0.4, -0.2) is 26.2 Å². The molecule has 0 atom stereocenters. The highest BCUT2D eigenvalue weighted by Crippen LogP contribution is 2.58. The minimum Gasteiger partial charge on any atom is -0.472 e. The summed E-state index contributed by atoms with van der Waals surface area (Å²) in [7, 11) is 0.